The van der Waals surface area contributed by atoms with Crippen molar-refractivity contribution in [2.75, 3.05) is 0 Å². The van der Waals surface area contributed by atoms with Gasteiger partial charge in [0.1, 0.15) is 0 Å². The summed E-state index contributed by atoms with van der Waals surface area (Å²) in [4.78, 5) is 7.29. The van der Waals surface area contributed by atoms with Gasteiger partial charge in [0.15, 0.2) is 0 Å². The molecule has 0 saturated carbocycles. The Labute approximate surface area is 113 Å². The van der Waals surface area contributed by atoms with Crippen molar-refractivity contribution in [3.05, 3.63) is 51.0 Å². The van der Waals surface area contributed by atoms with Gasteiger partial charge in [-0.05, 0) is 51.5 Å². The zero-order chi connectivity index (χ0) is 13.1. The van der Waals surface area contributed by atoms with Crippen LogP contribution in [0.4, 0.5) is 0 Å². The summed E-state index contributed by atoms with van der Waals surface area (Å²) in [5, 5.41) is 3.54. The highest BCUT2D eigenvalue weighted by Gasteiger charge is 2.10. The van der Waals surface area contributed by atoms with E-state index < -0.39 is 0 Å². The molecule has 0 aliphatic carbocycles. The van der Waals surface area contributed by atoms with Crippen molar-refractivity contribution in [2.24, 2.45) is 0 Å². The molecule has 3 heteroatoms. The molecule has 0 aromatic carbocycles. The smallest absolute Gasteiger partial charge is 0.0545 e. The van der Waals surface area contributed by atoms with E-state index in [1.165, 1.54) is 15.3 Å². The summed E-state index contributed by atoms with van der Waals surface area (Å²) >= 11 is 1.87. The predicted octanol–water partition coefficient (Wildman–Crippen LogP) is 3.92. The topological polar surface area (TPSA) is 24.9 Å². The molecule has 0 bridgehead atoms. The first-order chi connectivity index (χ1) is 8.56. The minimum atomic E-state index is 0.372. The van der Waals surface area contributed by atoms with Crippen molar-refractivity contribution in [3.63, 3.8) is 0 Å². The second-order valence-electron chi connectivity index (χ2n) is 4.74. The Morgan fingerprint density at radius 1 is 1.28 bits per heavy atom. The fourth-order valence-corrected chi connectivity index (χ4v) is 3.17. The summed E-state index contributed by atoms with van der Waals surface area (Å²) < 4.78 is 0. The maximum Gasteiger partial charge on any atom is 0.0545 e. The van der Waals surface area contributed by atoms with Gasteiger partial charge in [-0.15, -0.1) is 11.3 Å². The number of nitrogens with zero attached hydrogens (tertiary/aromatic N) is 1. The maximum atomic E-state index is 4.51. The van der Waals surface area contributed by atoms with Crippen molar-refractivity contribution in [1.29, 1.82) is 0 Å². The molecule has 2 aromatic rings. The lowest BCUT2D eigenvalue weighted by Crippen LogP contribution is -2.19. The largest absolute Gasteiger partial charge is 0.305 e. The number of aryl methyl sites for hydroxylation is 3. The van der Waals surface area contributed by atoms with Crippen LogP contribution in [0, 0.1) is 20.8 Å². The van der Waals surface area contributed by atoms with E-state index >= 15 is 0 Å². The Hall–Kier alpha value is -1.19. The van der Waals surface area contributed by atoms with Crippen LogP contribution in [0.25, 0.3) is 0 Å². The molecule has 1 unspecified atom stereocenters. The van der Waals surface area contributed by atoms with Crippen LogP contribution in [0.15, 0.2) is 24.3 Å². The lowest BCUT2D eigenvalue weighted by Gasteiger charge is -2.13. The van der Waals surface area contributed by atoms with Crippen LogP contribution >= 0.6 is 11.3 Å². The minimum Gasteiger partial charge on any atom is -0.305 e. The molecule has 0 saturated heterocycles. The Balaban J connectivity index is 2.00. The molecule has 96 valence electrons. The van der Waals surface area contributed by atoms with E-state index in [1.54, 1.807) is 0 Å². The molecule has 0 aliphatic heterocycles. The second kappa shape index (κ2) is 5.63. The summed E-state index contributed by atoms with van der Waals surface area (Å²) in [5.74, 6) is 0. The monoisotopic (exact) mass is 260 g/mol. The molecule has 0 radical (unpaired) electrons. The molecule has 0 aliphatic rings. The van der Waals surface area contributed by atoms with E-state index in [-0.39, 0.29) is 0 Å². The highest BCUT2D eigenvalue weighted by atomic mass is 32.1. The summed E-state index contributed by atoms with van der Waals surface area (Å²) in [7, 11) is 0. The maximum absolute atomic E-state index is 4.51. The molecule has 2 heterocycles. The summed E-state index contributed by atoms with van der Waals surface area (Å²) in [6, 6.07) is 8.81. The highest BCUT2D eigenvalue weighted by Crippen LogP contribution is 2.26. The molecule has 1 N–H and O–H groups in total. The number of hydrogen-bond donors (Lipinski definition) is 1. The summed E-state index contributed by atoms with van der Waals surface area (Å²) in [6.07, 6.45) is 0. The normalized spacial score (nSPS) is 12.7. The number of rotatable bonds is 4. The van der Waals surface area contributed by atoms with Crippen LogP contribution in [-0.2, 0) is 6.54 Å². The zero-order valence-corrected chi connectivity index (χ0v) is 12.3. The molecular formula is C15H20N2S. The van der Waals surface area contributed by atoms with Gasteiger partial charge in [-0.25, -0.2) is 0 Å². The Morgan fingerprint density at radius 3 is 2.67 bits per heavy atom. The molecule has 0 fully saturated rings. The average Bonchev–Trinajstić information content (AvgIpc) is 2.66. The summed E-state index contributed by atoms with van der Waals surface area (Å²) in [5.41, 5.74) is 3.58. The fraction of sp³-hybridized carbons (Fsp3) is 0.400. The van der Waals surface area contributed by atoms with Gasteiger partial charge in [0.05, 0.1) is 5.69 Å². The van der Waals surface area contributed by atoms with Gasteiger partial charge in [0.25, 0.3) is 0 Å². The second-order valence-corrected chi connectivity index (χ2v) is 6.20. The fourth-order valence-electron chi connectivity index (χ4n) is 2.15. The van der Waals surface area contributed by atoms with Crippen LogP contribution in [0.5, 0.6) is 0 Å². The quantitative estimate of drug-likeness (QED) is 0.901. The van der Waals surface area contributed by atoms with Crippen LogP contribution in [-0.4, -0.2) is 4.98 Å². The Morgan fingerprint density at radius 2 is 2.06 bits per heavy atom. The van der Waals surface area contributed by atoms with Gasteiger partial charge in [-0.2, -0.15) is 0 Å². The van der Waals surface area contributed by atoms with Gasteiger partial charge in [-0.3, -0.25) is 4.98 Å². The van der Waals surface area contributed by atoms with Crippen LogP contribution in [0.2, 0.25) is 0 Å². The van der Waals surface area contributed by atoms with E-state index in [0.717, 1.165) is 17.9 Å². The van der Waals surface area contributed by atoms with E-state index in [2.05, 4.69) is 49.3 Å². The predicted molar refractivity (Wildman–Crippen MR) is 78.0 cm³/mol. The number of pyridine rings is 1. The first kappa shape index (κ1) is 13.2. The van der Waals surface area contributed by atoms with Crippen molar-refractivity contribution in [3.8, 4) is 0 Å². The third-order valence-corrected chi connectivity index (χ3v) is 4.06. The van der Waals surface area contributed by atoms with Crippen LogP contribution < -0.4 is 5.32 Å². The summed E-state index contributed by atoms with van der Waals surface area (Å²) in [6.45, 7) is 9.41. The lowest BCUT2D eigenvalue weighted by molar-refractivity contribution is 0.566. The zero-order valence-electron chi connectivity index (χ0n) is 11.4. The standard InChI is InChI=1S/C15H20N2S/c1-10-6-5-7-14(17-10)9-16-12(3)15-8-11(2)18-13(15)4/h5-8,12,16H,9H2,1-4H3. The highest BCUT2D eigenvalue weighted by molar-refractivity contribution is 7.12. The minimum absolute atomic E-state index is 0.372. The van der Waals surface area contributed by atoms with Crippen LogP contribution in [0.1, 0.15) is 39.7 Å². The van der Waals surface area contributed by atoms with Gasteiger partial charge in [-0.1, -0.05) is 6.07 Å². The molecule has 0 amide bonds. The van der Waals surface area contributed by atoms with E-state index in [0.29, 0.717) is 6.04 Å². The lowest BCUT2D eigenvalue weighted by atomic mass is 10.1. The van der Waals surface area contributed by atoms with Gasteiger partial charge in [0.2, 0.25) is 0 Å². The Bertz CT molecular complexity index is 531. The van der Waals surface area contributed by atoms with Crippen molar-refractivity contribution < 1.29 is 0 Å². The van der Waals surface area contributed by atoms with E-state index in [1.807, 2.05) is 24.3 Å². The van der Waals surface area contributed by atoms with Crippen LogP contribution in [0.3, 0.4) is 0 Å². The average molecular weight is 260 g/mol. The number of thiophene rings is 1. The van der Waals surface area contributed by atoms with E-state index in [4.69, 9.17) is 0 Å². The number of hydrogen-bond acceptors (Lipinski definition) is 3. The van der Waals surface area contributed by atoms with Gasteiger partial charge in [0, 0.05) is 28.0 Å². The van der Waals surface area contributed by atoms with Gasteiger partial charge >= 0.3 is 0 Å². The van der Waals surface area contributed by atoms with Crippen molar-refractivity contribution >= 4 is 11.3 Å². The Kier molecular flexibility index (Phi) is 4.15. The van der Waals surface area contributed by atoms with E-state index in [9.17, 15) is 0 Å². The van der Waals surface area contributed by atoms with Crippen molar-refractivity contribution in [1.82, 2.24) is 10.3 Å². The molecule has 2 aromatic heterocycles. The molecule has 1 atom stereocenters. The third-order valence-electron chi connectivity index (χ3n) is 3.08. The third kappa shape index (κ3) is 3.18. The molecule has 0 spiro atoms. The van der Waals surface area contributed by atoms with Gasteiger partial charge < -0.3 is 5.32 Å². The number of nitrogens with one attached hydrogen (secondary N) is 1. The number of aromatic nitrogens is 1. The molecule has 18 heavy (non-hydrogen) atoms. The molecular weight excluding hydrogens is 240 g/mol. The first-order valence-corrected chi connectivity index (χ1v) is 7.11. The SMILES string of the molecule is Cc1cccc(CNC(C)c2cc(C)sc2C)n1. The molecule has 2 rings (SSSR count). The first-order valence-electron chi connectivity index (χ1n) is 6.29. The van der Waals surface area contributed by atoms with Crippen molar-refractivity contribution in [2.45, 2.75) is 40.3 Å². The molecule has 2 nitrogen and oxygen atoms in total.